The predicted octanol–water partition coefficient (Wildman–Crippen LogP) is -1.29. The van der Waals surface area contributed by atoms with E-state index in [1.165, 1.54) is 0 Å². The Morgan fingerprint density at radius 3 is 2.44 bits per heavy atom. The molecule has 102 valence electrons. The Morgan fingerprint density at radius 1 is 1.39 bits per heavy atom. The van der Waals surface area contributed by atoms with E-state index in [2.05, 4.69) is 10.6 Å². The molecule has 0 aromatic carbocycles. The Bertz CT molecular complexity index is 344. The standard InChI is InChI=1S/C11H18N2O5/c1-6-4-7(6)10(16)12-3-2-9(15)13-8(5-14)11(17)18/h6-8,14H,2-5H2,1H3,(H,12,16)(H,13,15)(H,17,18)/t6?,7?,8-/m1/s1. The number of hydrogen-bond donors (Lipinski definition) is 4. The zero-order chi connectivity index (χ0) is 13.7. The van der Waals surface area contributed by atoms with Crippen molar-refractivity contribution in [2.24, 2.45) is 11.8 Å². The van der Waals surface area contributed by atoms with Gasteiger partial charge in [0.1, 0.15) is 6.04 Å². The van der Waals surface area contributed by atoms with Crippen LogP contribution in [0, 0.1) is 11.8 Å². The first-order valence-corrected chi connectivity index (χ1v) is 5.86. The van der Waals surface area contributed by atoms with Gasteiger partial charge in [0.2, 0.25) is 11.8 Å². The number of aliphatic carboxylic acids is 1. The number of rotatable bonds is 7. The molecule has 0 bridgehead atoms. The molecule has 1 rings (SSSR count). The highest BCUT2D eigenvalue weighted by molar-refractivity contribution is 5.85. The molecule has 18 heavy (non-hydrogen) atoms. The minimum Gasteiger partial charge on any atom is -0.480 e. The monoisotopic (exact) mass is 258 g/mol. The summed E-state index contributed by atoms with van der Waals surface area (Å²) in [5.41, 5.74) is 0. The van der Waals surface area contributed by atoms with E-state index in [0.717, 1.165) is 6.42 Å². The summed E-state index contributed by atoms with van der Waals surface area (Å²) in [4.78, 5) is 33.3. The van der Waals surface area contributed by atoms with Crippen molar-refractivity contribution >= 4 is 17.8 Å². The Labute approximate surface area is 105 Å². The van der Waals surface area contributed by atoms with Gasteiger partial charge in [-0.3, -0.25) is 9.59 Å². The molecule has 4 N–H and O–H groups in total. The molecular formula is C11H18N2O5. The van der Waals surface area contributed by atoms with E-state index < -0.39 is 24.5 Å². The van der Waals surface area contributed by atoms with Gasteiger partial charge in [-0.05, 0) is 12.3 Å². The number of amides is 2. The Balaban J connectivity index is 2.16. The fourth-order valence-electron chi connectivity index (χ4n) is 1.57. The van der Waals surface area contributed by atoms with Crippen LogP contribution < -0.4 is 10.6 Å². The van der Waals surface area contributed by atoms with Crippen LogP contribution >= 0.6 is 0 Å². The molecule has 0 saturated heterocycles. The van der Waals surface area contributed by atoms with Crippen LogP contribution in [0.15, 0.2) is 0 Å². The smallest absolute Gasteiger partial charge is 0.328 e. The second kappa shape index (κ2) is 6.34. The molecular weight excluding hydrogens is 240 g/mol. The van der Waals surface area contributed by atoms with Crippen LogP contribution in [-0.4, -0.2) is 47.2 Å². The summed E-state index contributed by atoms with van der Waals surface area (Å²) in [6.07, 6.45) is 0.875. The molecule has 0 aromatic rings. The molecule has 2 amide bonds. The van der Waals surface area contributed by atoms with Crippen molar-refractivity contribution in [2.75, 3.05) is 13.2 Å². The number of aliphatic hydroxyl groups is 1. The quantitative estimate of drug-likeness (QED) is 0.453. The number of nitrogens with one attached hydrogen (secondary N) is 2. The van der Waals surface area contributed by atoms with E-state index >= 15 is 0 Å². The number of hydrogen-bond acceptors (Lipinski definition) is 4. The van der Waals surface area contributed by atoms with Crippen molar-refractivity contribution in [1.29, 1.82) is 0 Å². The van der Waals surface area contributed by atoms with Crippen LogP contribution in [0.1, 0.15) is 19.8 Å². The molecule has 7 nitrogen and oxygen atoms in total. The molecule has 7 heteroatoms. The lowest BCUT2D eigenvalue weighted by molar-refractivity contribution is -0.143. The van der Waals surface area contributed by atoms with Gasteiger partial charge in [0.25, 0.3) is 0 Å². The highest BCUT2D eigenvalue weighted by atomic mass is 16.4. The zero-order valence-electron chi connectivity index (χ0n) is 10.2. The van der Waals surface area contributed by atoms with Gasteiger partial charge >= 0.3 is 5.97 Å². The van der Waals surface area contributed by atoms with Crippen LogP contribution in [0.3, 0.4) is 0 Å². The lowest BCUT2D eigenvalue weighted by atomic mass is 10.3. The molecule has 0 spiro atoms. The lowest BCUT2D eigenvalue weighted by Crippen LogP contribution is -2.44. The Hall–Kier alpha value is -1.63. The van der Waals surface area contributed by atoms with Crippen molar-refractivity contribution in [1.82, 2.24) is 10.6 Å². The fraction of sp³-hybridized carbons (Fsp3) is 0.727. The molecule has 1 saturated carbocycles. The van der Waals surface area contributed by atoms with Crippen molar-refractivity contribution < 1.29 is 24.6 Å². The summed E-state index contributed by atoms with van der Waals surface area (Å²) in [5.74, 6) is -1.41. The summed E-state index contributed by atoms with van der Waals surface area (Å²) < 4.78 is 0. The van der Waals surface area contributed by atoms with E-state index in [0.29, 0.717) is 5.92 Å². The third-order valence-electron chi connectivity index (χ3n) is 2.91. The number of carbonyl (C=O) groups excluding carboxylic acids is 2. The van der Waals surface area contributed by atoms with Crippen LogP contribution in [0.25, 0.3) is 0 Å². The molecule has 0 radical (unpaired) electrons. The van der Waals surface area contributed by atoms with Gasteiger partial charge in [0, 0.05) is 18.9 Å². The second-order valence-electron chi connectivity index (χ2n) is 4.50. The van der Waals surface area contributed by atoms with E-state index in [1.807, 2.05) is 6.92 Å². The lowest BCUT2D eigenvalue weighted by Gasteiger charge is -2.11. The SMILES string of the molecule is CC1CC1C(=O)NCCC(=O)N[C@H](CO)C(=O)O. The number of carboxylic acid groups (broad SMARTS) is 1. The van der Waals surface area contributed by atoms with Crippen LogP contribution in [0.4, 0.5) is 0 Å². The first-order valence-electron chi connectivity index (χ1n) is 5.86. The van der Waals surface area contributed by atoms with Crippen molar-refractivity contribution in [3.63, 3.8) is 0 Å². The van der Waals surface area contributed by atoms with Crippen LogP contribution in [0.2, 0.25) is 0 Å². The van der Waals surface area contributed by atoms with E-state index in [9.17, 15) is 14.4 Å². The maximum absolute atomic E-state index is 11.4. The predicted molar refractivity (Wildman–Crippen MR) is 61.6 cm³/mol. The van der Waals surface area contributed by atoms with Crippen molar-refractivity contribution in [3.8, 4) is 0 Å². The number of carboxylic acids is 1. The highest BCUT2D eigenvalue weighted by Gasteiger charge is 2.38. The maximum atomic E-state index is 11.4. The third kappa shape index (κ3) is 4.33. The number of carbonyl (C=O) groups is 3. The molecule has 2 unspecified atom stereocenters. The van der Waals surface area contributed by atoms with Crippen molar-refractivity contribution in [2.45, 2.75) is 25.8 Å². The normalized spacial score (nSPS) is 23.0. The summed E-state index contributed by atoms with van der Waals surface area (Å²) >= 11 is 0. The first-order chi connectivity index (χ1) is 8.45. The average Bonchev–Trinajstić information content (AvgIpc) is 3.02. The molecule has 1 aliphatic rings. The van der Waals surface area contributed by atoms with Crippen LogP contribution in [-0.2, 0) is 14.4 Å². The second-order valence-corrected chi connectivity index (χ2v) is 4.50. The van der Waals surface area contributed by atoms with Gasteiger partial charge in [-0.15, -0.1) is 0 Å². The molecule has 1 fully saturated rings. The van der Waals surface area contributed by atoms with Gasteiger partial charge in [0.05, 0.1) is 6.61 Å². The first kappa shape index (κ1) is 14.4. The van der Waals surface area contributed by atoms with E-state index in [4.69, 9.17) is 10.2 Å². The van der Waals surface area contributed by atoms with Gasteiger partial charge < -0.3 is 20.8 Å². The zero-order valence-corrected chi connectivity index (χ0v) is 10.2. The fourth-order valence-corrected chi connectivity index (χ4v) is 1.57. The Kier molecular flexibility index (Phi) is 5.08. The van der Waals surface area contributed by atoms with Crippen LogP contribution in [0.5, 0.6) is 0 Å². The summed E-state index contributed by atoms with van der Waals surface area (Å²) in [5, 5.41) is 22.1. The summed E-state index contributed by atoms with van der Waals surface area (Å²) in [6, 6.07) is -1.29. The van der Waals surface area contributed by atoms with E-state index in [-0.39, 0.29) is 24.8 Å². The summed E-state index contributed by atoms with van der Waals surface area (Å²) in [7, 11) is 0. The minimum absolute atomic E-state index is 0.00335. The molecule has 3 atom stereocenters. The number of aliphatic hydroxyl groups excluding tert-OH is 1. The Morgan fingerprint density at radius 2 is 2.00 bits per heavy atom. The van der Waals surface area contributed by atoms with Gasteiger partial charge in [-0.25, -0.2) is 4.79 Å². The molecule has 1 aliphatic carbocycles. The molecule has 0 heterocycles. The minimum atomic E-state index is -1.29. The van der Waals surface area contributed by atoms with Gasteiger partial charge in [-0.1, -0.05) is 6.92 Å². The topological polar surface area (TPSA) is 116 Å². The van der Waals surface area contributed by atoms with Gasteiger partial charge in [-0.2, -0.15) is 0 Å². The van der Waals surface area contributed by atoms with Gasteiger partial charge in [0.15, 0.2) is 0 Å². The third-order valence-corrected chi connectivity index (χ3v) is 2.91. The molecule has 0 aromatic heterocycles. The van der Waals surface area contributed by atoms with E-state index in [1.54, 1.807) is 0 Å². The molecule has 0 aliphatic heterocycles. The maximum Gasteiger partial charge on any atom is 0.328 e. The van der Waals surface area contributed by atoms with Crippen molar-refractivity contribution in [3.05, 3.63) is 0 Å². The average molecular weight is 258 g/mol. The largest absolute Gasteiger partial charge is 0.480 e. The highest BCUT2D eigenvalue weighted by Crippen LogP contribution is 2.37. The summed E-state index contributed by atoms with van der Waals surface area (Å²) in [6.45, 7) is 1.49.